The first-order valence-corrected chi connectivity index (χ1v) is 11.3. The number of carbonyl (C=O) groups is 2. The Morgan fingerprint density at radius 3 is 2.59 bits per heavy atom. The molecule has 6 heteroatoms. The molecule has 166 valence electrons. The summed E-state index contributed by atoms with van der Waals surface area (Å²) >= 11 is 0. The van der Waals surface area contributed by atoms with E-state index >= 15 is 0 Å². The minimum Gasteiger partial charge on any atom is -0.349 e. The van der Waals surface area contributed by atoms with Crippen LogP contribution in [0.4, 0.5) is 5.69 Å². The Morgan fingerprint density at radius 1 is 1.03 bits per heavy atom. The number of nitrogens with zero attached hydrogens (tertiary/aromatic N) is 1. The monoisotopic (exact) mass is 430 g/mol. The highest BCUT2D eigenvalue weighted by molar-refractivity contribution is 6.15. The first-order chi connectivity index (χ1) is 15.5. The molecule has 0 bridgehead atoms. The summed E-state index contributed by atoms with van der Waals surface area (Å²) in [5.74, 6) is -0.190. The van der Waals surface area contributed by atoms with Crippen LogP contribution in [-0.2, 0) is 0 Å². The smallest absolute Gasteiger partial charge is 0.272 e. The molecule has 0 saturated carbocycles. The van der Waals surface area contributed by atoms with E-state index in [1.165, 1.54) is 18.4 Å². The van der Waals surface area contributed by atoms with Gasteiger partial charge >= 0.3 is 0 Å². The minimum atomic E-state index is -0.284. The maximum atomic E-state index is 13.2. The molecule has 0 radical (unpaired) electrons. The molecule has 0 spiro atoms. The first kappa shape index (κ1) is 22.0. The van der Waals surface area contributed by atoms with Crippen molar-refractivity contribution in [1.29, 1.82) is 0 Å². The van der Waals surface area contributed by atoms with Crippen LogP contribution in [0.25, 0.3) is 10.8 Å². The molecule has 1 aliphatic heterocycles. The van der Waals surface area contributed by atoms with Gasteiger partial charge in [-0.25, -0.2) is 4.98 Å². The van der Waals surface area contributed by atoms with Gasteiger partial charge in [-0.15, -0.1) is 0 Å². The van der Waals surface area contributed by atoms with Crippen LogP contribution in [0.3, 0.4) is 0 Å². The normalized spacial score (nSPS) is 16.2. The fourth-order valence-electron chi connectivity index (χ4n) is 4.30. The van der Waals surface area contributed by atoms with Gasteiger partial charge in [0.2, 0.25) is 0 Å². The molecule has 1 aliphatic rings. The van der Waals surface area contributed by atoms with E-state index in [0.29, 0.717) is 23.7 Å². The molecular formula is C26H30N4O2. The summed E-state index contributed by atoms with van der Waals surface area (Å²) in [6.07, 6.45) is 4.96. The van der Waals surface area contributed by atoms with Gasteiger partial charge in [0.05, 0.1) is 5.69 Å². The number of carbonyl (C=O) groups excluding carboxylic acids is 2. The fraction of sp³-hybridized carbons (Fsp3) is 0.346. The Kier molecular flexibility index (Phi) is 6.81. The lowest BCUT2D eigenvalue weighted by molar-refractivity contribution is 0.0943. The first-order valence-electron chi connectivity index (χ1n) is 11.3. The number of hydrogen-bond acceptors (Lipinski definition) is 4. The predicted octanol–water partition coefficient (Wildman–Crippen LogP) is 4.48. The van der Waals surface area contributed by atoms with Crippen molar-refractivity contribution in [3.8, 4) is 0 Å². The number of nitrogens with one attached hydrogen (secondary N) is 3. The van der Waals surface area contributed by atoms with Crippen molar-refractivity contribution in [2.45, 2.75) is 45.1 Å². The second-order valence-corrected chi connectivity index (χ2v) is 8.61. The quantitative estimate of drug-likeness (QED) is 0.538. The summed E-state index contributed by atoms with van der Waals surface area (Å²) < 4.78 is 0. The van der Waals surface area contributed by atoms with Crippen molar-refractivity contribution < 1.29 is 9.59 Å². The topological polar surface area (TPSA) is 83.1 Å². The average molecular weight is 431 g/mol. The molecule has 6 nitrogen and oxygen atoms in total. The number of fused-ring (bicyclic) bond motifs is 1. The standard InChI is InChI=1S/C26H30N4O2/c1-17(2)19-12-13-22(21-10-4-3-9-20(19)21)25(31)30-23-11-7-15-28-24(23)26(32)29-16-18-8-5-6-14-27-18/h3-4,7,9-13,15,17-18,27H,5-6,8,14,16H2,1-2H3,(H,29,32)(H,30,31). The number of piperidine rings is 1. The van der Waals surface area contributed by atoms with Gasteiger partial charge in [0, 0.05) is 24.3 Å². The molecule has 32 heavy (non-hydrogen) atoms. The van der Waals surface area contributed by atoms with E-state index in [1.807, 2.05) is 36.4 Å². The molecule has 1 aromatic heterocycles. The summed E-state index contributed by atoms with van der Waals surface area (Å²) in [5.41, 5.74) is 2.41. The number of pyridine rings is 1. The zero-order valence-corrected chi connectivity index (χ0v) is 18.7. The predicted molar refractivity (Wildman–Crippen MR) is 128 cm³/mol. The lowest BCUT2D eigenvalue weighted by Gasteiger charge is -2.23. The zero-order chi connectivity index (χ0) is 22.5. The van der Waals surface area contributed by atoms with Gasteiger partial charge in [0.15, 0.2) is 5.69 Å². The Labute approximate surface area is 188 Å². The lowest BCUT2D eigenvalue weighted by Crippen LogP contribution is -2.43. The van der Waals surface area contributed by atoms with E-state index in [0.717, 1.165) is 23.7 Å². The number of aromatic nitrogens is 1. The van der Waals surface area contributed by atoms with Crippen LogP contribution in [0.15, 0.2) is 54.7 Å². The van der Waals surface area contributed by atoms with Crippen LogP contribution in [0, 0.1) is 0 Å². The highest BCUT2D eigenvalue weighted by atomic mass is 16.2. The third kappa shape index (κ3) is 4.81. The van der Waals surface area contributed by atoms with Crippen LogP contribution in [0.2, 0.25) is 0 Å². The number of anilines is 1. The molecule has 2 aromatic carbocycles. The fourth-order valence-corrected chi connectivity index (χ4v) is 4.30. The molecule has 3 N–H and O–H groups in total. The number of benzene rings is 2. The Bertz CT molecular complexity index is 1120. The molecule has 4 rings (SSSR count). The Morgan fingerprint density at radius 2 is 1.84 bits per heavy atom. The van der Waals surface area contributed by atoms with Crippen LogP contribution in [-0.4, -0.2) is 35.9 Å². The van der Waals surface area contributed by atoms with Crippen molar-refractivity contribution in [1.82, 2.24) is 15.6 Å². The van der Waals surface area contributed by atoms with Gasteiger partial charge in [-0.2, -0.15) is 0 Å². The molecule has 1 fully saturated rings. The summed E-state index contributed by atoms with van der Waals surface area (Å²) in [7, 11) is 0. The van der Waals surface area contributed by atoms with Gasteiger partial charge in [-0.3, -0.25) is 9.59 Å². The molecule has 2 amide bonds. The van der Waals surface area contributed by atoms with E-state index in [2.05, 4.69) is 34.8 Å². The summed E-state index contributed by atoms with van der Waals surface area (Å²) in [6, 6.07) is 15.5. The maximum absolute atomic E-state index is 13.2. The lowest BCUT2D eigenvalue weighted by atomic mass is 9.93. The van der Waals surface area contributed by atoms with E-state index in [-0.39, 0.29) is 23.6 Å². The molecule has 1 saturated heterocycles. The Hall–Kier alpha value is -3.25. The molecular weight excluding hydrogens is 400 g/mol. The van der Waals surface area contributed by atoms with Gasteiger partial charge in [-0.05, 0) is 59.8 Å². The van der Waals surface area contributed by atoms with Crippen molar-refractivity contribution in [3.63, 3.8) is 0 Å². The zero-order valence-electron chi connectivity index (χ0n) is 18.7. The molecule has 0 aliphatic carbocycles. The van der Waals surface area contributed by atoms with Crippen molar-refractivity contribution in [2.24, 2.45) is 0 Å². The molecule has 3 aromatic rings. The van der Waals surface area contributed by atoms with Crippen LogP contribution < -0.4 is 16.0 Å². The highest BCUT2D eigenvalue weighted by Gasteiger charge is 2.19. The SMILES string of the molecule is CC(C)c1ccc(C(=O)Nc2cccnc2C(=O)NCC2CCCCN2)c2ccccc12. The summed E-state index contributed by atoms with van der Waals surface area (Å²) in [6.45, 7) is 5.81. The molecule has 1 unspecified atom stereocenters. The highest BCUT2D eigenvalue weighted by Crippen LogP contribution is 2.28. The number of amides is 2. The Balaban J connectivity index is 1.54. The second kappa shape index (κ2) is 9.92. The summed E-state index contributed by atoms with van der Waals surface area (Å²) in [4.78, 5) is 30.3. The van der Waals surface area contributed by atoms with Gasteiger partial charge < -0.3 is 16.0 Å². The van der Waals surface area contributed by atoms with E-state index in [4.69, 9.17) is 0 Å². The molecule has 1 atom stereocenters. The van der Waals surface area contributed by atoms with Gasteiger partial charge in [0.1, 0.15) is 0 Å². The maximum Gasteiger partial charge on any atom is 0.272 e. The van der Waals surface area contributed by atoms with Gasteiger partial charge in [0.25, 0.3) is 11.8 Å². The van der Waals surface area contributed by atoms with Crippen LogP contribution >= 0.6 is 0 Å². The van der Waals surface area contributed by atoms with E-state index in [9.17, 15) is 9.59 Å². The third-order valence-electron chi connectivity index (χ3n) is 6.02. The number of rotatable bonds is 6. The summed E-state index contributed by atoms with van der Waals surface area (Å²) in [5, 5.41) is 11.3. The van der Waals surface area contributed by atoms with Crippen molar-refractivity contribution >= 4 is 28.3 Å². The number of hydrogen-bond donors (Lipinski definition) is 3. The average Bonchev–Trinajstić information content (AvgIpc) is 2.82. The third-order valence-corrected chi connectivity index (χ3v) is 6.02. The van der Waals surface area contributed by atoms with E-state index in [1.54, 1.807) is 18.3 Å². The van der Waals surface area contributed by atoms with Crippen LogP contribution in [0.1, 0.15) is 65.4 Å². The van der Waals surface area contributed by atoms with Gasteiger partial charge in [-0.1, -0.05) is 50.6 Å². The van der Waals surface area contributed by atoms with E-state index < -0.39 is 0 Å². The largest absolute Gasteiger partial charge is 0.349 e. The van der Waals surface area contributed by atoms with Crippen LogP contribution in [0.5, 0.6) is 0 Å². The second-order valence-electron chi connectivity index (χ2n) is 8.61. The van der Waals surface area contributed by atoms with Crippen molar-refractivity contribution in [2.75, 3.05) is 18.4 Å². The van der Waals surface area contributed by atoms with Crippen molar-refractivity contribution in [3.05, 3.63) is 71.5 Å². The molecule has 2 heterocycles. The minimum absolute atomic E-state index is 0.222.